The van der Waals surface area contributed by atoms with Crippen LogP contribution in [0.2, 0.25) is 0 Å². The highest BCUT2D eigenvalue weighted by molar-refractivity contribution is 6.02. The monoisotopic (exact) mass is 565 g/mol. The number of ether oxygens (including phenoxy) is 2. The fourth-order valence-corrected chi connectivity index (χ4v) is 4.50. The van der Waals surface area contributed by atoms with Gasteiger partial charge in [0.05, 0.1) is 13.2 Å². The van der Waals surface area contributed by atoms with E-state index in [0.717, 1.165) is 11.8 Å². The Morgan fingerprint density at radius 1 is 1.05 bits per heavy atom. The van der Waals surface area contributed by atoms with Gasteiger partial charge in [-0.25, -0.2) is 8.78 Å². The van der Waals surface area contributed by atoms with Gasteiger partial charge >= 0.3 is 17.8 Å². The number of esters is 1. The molecule has 41 heavy (non-hydrogen) atoms. The number of carbonyl (C=O) groups excluding carboxylic acids is 3. The van der Waals surface area contributed by atoms with Gasteiger partial charge in [-0.15, -0.1) is 0 Å². The van der Waals surface area contributed by atoms with Crippen LogP contribution in [0.4, 0.5) is 14.5 Å². The lowest BCUT2D eigenvalue weighted by Gasteiger charge is -2.37. The second-order valence-electron chi connectivity index (χ2n) is 9.18. The second-order valence-corrected chi connectivity index (χ2v) is 9.18. The lowest BCUT2D eigenvalue weighted by atomic mass is 10.1. The van der Waals surface area contributed by atoms with Gasteiger partial charge in [0.1, 0.15) is 17.5 Å². The highest BCUT2D eigenvalue weighted by Gasteiger charge is 2.54. The van der Waals surface area contributed by atoms with Crippen LogP contribution in [-0.4, -0.2) is 41.0 Å². The normalized spacial score (nSPS) is 13.8. The van der Waals surface area contributed by atoms with Crippen molar-refractivity contribution in [1.82, 2.24) is 10.2 Å². The third-order valence-corrected chi connectivity index (χ3v) is 6.46. The zero-order valence-electron chi connectivity index (χ0n) is 22.4. The van der Waals surface area contributed by atoms with Crippen LogP contribution >= 0.6 is 0 Å². The molecule has 0 aliphatic carbocycles. The Labute approximate surface area is 234 Å². The predicted octanol–water partition coefficient (Wildman–Crippen LogP) is 3.39. The number of benzene rings is 3. The summed E-state index contributed by atoms with van der Waals surface area (Å²) in [6.45, 7) is 2.04. The Kier molecular flexibility index (Phi) is 8.62. The summed E-state index contributed by atoms with van der Waals surface area (Å²) in [5.74, 6) is -6.41. The van der Waals surface area contributed by atoms with E-state index in [-0.39, 0.29) is 43.2 Å². The third kappa shape index (κ3) is 6.02. The molecule has 2 amide bonds. The highest BCUT2D eigenvalue weighted by Crippen LogP contribution is 2.33. The van der Waals surface area contributed by atoms with Gasteiger partial charge in [-0.05, 0) is 36.8 Å². The summed E-state index contributed by atoms with van der Waals surface area (Å²) in [4.78, 5) is 40.0. The molecule has 5 N–H and O–H groups in total. The van der Waals surface area contributed by atoms with E-state index in [1.54, 1.807) is 43.3 Å². The van der Waals surface area contributed by atoms with Crippen LogP contribution in [0.1, 0.15) is 46.5 Å². The third-order valence-electron chi connectivity index (χ3n) is 6.46. The first-order chi connectivity index (χ1) is 19.6. The van der Waals surface area contributed by atoms with Gasteiger partial charge in [-0.3, -0.25) is 24.7 Å². The largest absolute Gasteiger partial charge is 0.405 e. The lowest BCUT2D eigenvalue weighted by molar-refractivity contribution is -0.272. The summed E-state index contributed by atoms with van der Waals surface area (Å²) in [5.41, 5.74) is 7.45. The Balaban J connectivity index is 1.63. The number of anilines is 1. The Morgan fingerprint density at radius 2 is 1.78 bits per heavy atom. The Hall–Kier alpha value is -4.84. The highest BCUT2D eigenvalue weighted by atomic mass is 19.1. The number of nitrogen functional groups attached to an aromatic ring is 1. The van der Waals surface area contributed by atoms with Gasteiger partial charge in [0, 0.05) is 48.0 Å². The molecular formula is C29H29F2N5O5. The molecule has 12 heteroatoms. The first kappa shape index (κ1) is 29.2. The molecule has 0 bridgehead atoms. The van der Waals surface area contributed by atoms with E-state index in [9.17, 15) is 23.2 Å². The van der Waals surface area contributed by atoms with E-state index in [0.29, 0.717) is 22.4 Å². The molecule has 0 saturated heterocycles. The summed E-state index contributed by atoms with van der Waals surface area (Å²) >= 11 is 0. The molecule has 0 saturated carbocycles. The maximum absolute atomic E-state index is 14.5. The number of amidine groups is 1. The smallest absolute Gasteiger partial charge is 0.383 e. The number of fused-ring (bicyclic) bond motifs is 1. The minimum atomic E-state index is -2.52. The van der Waals surface area contributed by atoms with E-state index in [1.807, 2.05) is 0 Å². The van der Waals surface area contributed by atoms with Crippen LogP contribution in [0.5, 0.6) is 0 Å². The van der Waals surface area contributed by atoms with Crippen molar-refractivity contribution in [2.45, 2.75) is 39.4 Å². The van der Waals surface area contributed by atoms with Crippen molar-refractivity contribution in [3.8, 4) is 0 Å². The van der Waals surface area contributed by atoms with E-state index >= 15 is 0 Å². The summed E-state index contributed by atoms with van der Waals surface area (Å²) in [6.07, 6.45) is 0. The number of hydrogen-bond acceptors (Lipinski definition) is 7. The summed E-state index contributed by atoms with van der Waals surface area (Å²) in [5, 5.41) is 13.5. The van der Waals surface area contributed by atoms with Crippen LogP contribution in [-0.2, 0) is 38.7 Å². The number of halogens is 2. The topological polar surface area (TPSA) is 147 Å². The van der Waals surface area contributed by atoms with Crippen LogP contribution in [0.25, 0.3) is 0 Å². The molecule has 4 rings (SSSR count). The molecule has 1 atom stereocenters. The number of rotatable bonds is 11. The zero-order chi connectivity index (χ0) is 29.7. The molecule has 0 unspecified atom stereocenters. The van der Waals surface area contributed by atoms with E-state index in [1.165, 1.54) is 24.3 Å². The van der Waals surface area contributed by atoms with Crippen LogP contribution < -0.4 is 16.4 Å². The van der Waals surface area contributed by atoms with Crippen molar-refractivity contribution >= 4 is 29.3 Å². The van der Waals surface area contributed by atoms with Gasteiger partial charge in [-0.1, -0.05) is 36.4 Å². The van der Waals surface area contributed by atoms with Crippen LogP contribution in [0.15, 0.2) is 60.7 Å². The average molecular weight is 566 g/mol. The standard InChI is InChI=1S/C29H29F2N5O5/c1-3-40-29(41-17(2)37,36-16-22-21(27(36)38)8-6-10-24(22)31)28(39)35-15-20-12-11-18(26(32)33)13-25(20)34-14-19-7-4-5-9-23(19)30/h4-13,34H,3,14-16H2,1-2H3,(H3,32,33)(H,35,39)/t29-/m0/s1. The molecular weight excluding hydrogens is 536 g/mol. The maximum Gasteiger partial charge on any atom is 0.383 e. The molecule has 1 aliphatic rings. The summed E-state index contributed by atoms with van der Waals surface area (Å²) in [7, 11) is 0. The van der Waals surface area contributed by atoms with Crippen molar-refractivity contribution in [3.63, 3.8) is 0 Å². The lowest BCUT2D eigenvalue weighted by Crippen LogP contribution is -2.63. The molecule has 0 spiro atoms. The average Bonchev–Trinajstić information content (AvgIpc) is 3.28. The maximum atomic E-state index is 14.5. The molecule has 0 radical (unpaired) electrons. The van der Waals surface area contributed by atoms with Crippen molar-refractivity contribution < 1.29 is 32.6 Å². The molecule has 3 aromatic carbocycles. The Morgan fingerprint density at radius 3 is 2.44 bits per heavy atom. The minimum absolute atomic E-state index is 0.0217. The fourth-order valence-electron chi connectivity index (χ4n) is 4.50. The van der Waals surface area contributed by atoms with Gasteiger partial charge in [-0.2, -0.15) is 0 Å². The first-order valence-electron chi connectivity index (χ1n) is 12.7. The van der Waals surface area contributed by atoms with Gasteiger partial charge < -0.3 is 25.8 Å². The summed E-state index contributed by atoms with van der Waals surface area (Å²) < 4.78 is 39.7. The molecule has 0 fully saturated rings. The van der Waals surface area contributed by atoms with Gasteiger partial charge in [0.2, 0.25) is 0 Å². The van der Waals surface area contributed by atoms with Crippen molar-refractivity contribution in [1.29, 1.82) is 5.41 Å². The molecule has 10 nitrogen and oxygen atoms in total. The summed E-state index contributed by atoms with van der Waals surface area (Å²) in [6, 6.07) is 14.9. The zero-order valence-corrected chi connectivity index (χ0v) is 22.4. The molecule has 1 aliphatic heterocycles. The quantitative estimate of drug-likeness (QED) is 0.121. The van der Waals surface area contributed by atoms with Crippen LogP contribution in [0, 0.1) is 17.0 Å². The molecule has 214 valence electrons. The SMILES string of the molecule is CCO[C@](OC(C)=O)(C(=O)NCc1ccc(C(=N)N)cc1NCc1ccccc1F)N1Cc2c(F)cccc2C1=O. The Bertz CT molecular complexity index is 1510. The number of hydrogen-bond donors (Lipinski definition) is 4. The molecule has 3 aromatic rings. The number of amides is 2. The van der Waals surface area contributed by atoms with E-state index in [4.69, 9.17) is 20.6 Å². The first-order valence-corrected chi connectivity index (χ1v) is 12.7. The predicted molar refractivity (Wildman–Crippen MR) is 145 cm³/mol. The van der Waals surface area contributed by atoms with Crippen LogP contribution in [0.3, 0.4) is 0 Å². The van der Waals surface area contributed by atoms with Gasteiger partial charge in [0.15, 0.2) is 0 Å². The van der Waals surface area contributed by atoms with Crippen molar-refractivity contribution in [2.24, 2.45) is 5.73 Å². The van der Waals surface area contributed by atoms with Crippen molar-refractivity contribution in [2.75, 3.05) is 11.9 Å². The molecule has 1 heterocycles. The number of nitrogens with two attached hydrogens (primary N) is 1. The van der Waals surface area contributed by atoms with Gasteiger partial charge in [0.25, 0.3) is 5.91 Å². The second kappa shape index (κ2) is 12.1. The van der Waals surface area contributed by atoms with E-state index in [2.05, 4.69) is 10.6 Å². The molecule has 0 aromatic heterocycles. The minimum Gasteiger partial charge on any atom is -0.405 e. The van der Waals surface area contributed by atoms with Crippen molar-refractivity contribution in [3.05, 3.63) is 100 Å². The number of nitrogens with zero attached hydrogens (tertiary/aromatic N) is 1. The van der Waals surface area contributed by atoms with E-state index < -0.39 is 35.3 Å². The number of nitrogens with one attached hydrogen (secondary N) is 3. The number of carbonyl (C=O) groups is 3. The fraction of sp³-hybridized carbons (Fsp3) is 0.241.